The van der Waals surface area contributed by atoms with Crippen LogP contribution in [0.15, 0.2) is 57.7 Å². The minimum Gasteiger partial charge on any atom is -0.463 e. The number of ether oxygens (including phenoxy) is 2. The fourth-order valence-electron chi connectivity index (χ4n) is 3.95. The van der Waals surface area contributed by atoms with Crippen LogP contribution in [-0.4, -0.2) is 72.0 Å². The van der Waals surface area contributed by atoms with E-state index in [0.29, 0.717) is 61.4 Å². The summed E-state index contributed by atoms with van der Waals surface area (Å²) in [4.78, 5) is 55.2. The number of rotatable bonds is 8. The lowest BCUT2D eigenvalue weighted by Crippen LogP contribution is -2.49. The number of nitrogens with zero attached hydrogens (tertiary/aromatic N) is 2. The second-order valence-electron chi connectivity index (χ2n) is 8.15. The highest BCUT2D eigenvalue weighted by atomic mass is 16.6. The SMILES string of the molecule is CCOC(=O)C(OC(=O)N1CCN(CCC(=O)c2ccc3[nH]c(=O)oc3c2)CC1)c1ccccc1. The first kappa shape index (κ1) is 24.2. The van der Waals surface area contributed by atoms with E-state index < -0.39 is 23.9 Å². The van der Waals surface area contributed by atoms with Crippen molar-refractivity contribution in [2.45, 2.75) is 19.4 Å². The number of aromatic nitrogens is 1. The van der Waals surface area contributed by atoms with Crippen LogP contribution < -0.4 is 5.76 Å². The molecule has 0 saturated carbocycles. The molecule has 2 heterocycles. The van der Waals surface area contributed by atoms with Gasteiger partial charge >= 0.3 is 17.8 Å². The van der Waals surface area contributed by atoms with Crippen molar-refractivity contribution in [3.8, 4) is 0 Å². The van der Waals surface area contributed by atoms with Crippen molar-refractivity contribution in [1.82, 2.24) is 14.8 Å². The second kappa shape index (κ2) is 11.0. The number of hydrogen-bond acceptors (Lipinski definition) is 8. The number of ketones is 1. The van der Waals surface area contributed by atoms with Gasteiger partial charge in [-0.25, -0.2) is 14.4 Å². The number of Topliss-reactive ketones (excluding diaryl/α,β-unsaturated/α-hetero) is 1. The van der Waals surface area contributed by atoms with Crippen molar-refractivity contribution in [2.75, 3.05) is 39.3 Å². The number of fused-ring (bicyclic) bond motifs is 1. The minimum atomic E-state index is -1.12. The van der Waals surface area contributed by atoms with Crippen LogP contribution in [0.4, 0.5) is 4.79 Å². The van der Waals surface area contributed by atoms with Gasteiger partial charge in [0.05, 0.1) is 12.1 Å². The third-order valence-corrected chi connectivity index (χ3v) is 5.85. The molecule has 1 saturated heterocycles. The number of nitrogens with one attached hydrogen (secondary N) is 1. The molecule has 1 amide bonds. The maximum Gasteiger partial charge on any atom is 0.417 e. The molecule has 10 nitrogen and oxygen atoms in total. The van der Waals surface area contributed by atoms with Gasteiger partial charge in [0.1, 0.15) is 0 Å². The summed E-state index contributed by atoms with van der Waals surface area (Å²) < 4.78 is 15.6. The number of carbonyl (C=O) groups excluding carboxylic acids is 3. The summed E-state index contributed by atoms with van der Waals surface area (Å²) in [6, 6.07) is 13.7. The number of benzene rings is 2. The van der Waals surface area contributed by atoms with Gasteiger partial charge in [-0.15, -0.1) is 0 Å². The molecule has 0 radical (unpaired) electrons. The maximum atomic E-state index is 12.7. The van der Waals surface area contributed by atoms with Crippen LogP contribution in [0.3, 0.4) is 0 Å². The van der Waals surface area contributed by atoms with Crippen LogP contribution in [0.1, 0.15) is 35.4 Å². The van der Waals surface area contributed by atoms with Crippen molar-refractivity contribution in [3.05, 3.63) is 70.2 Å². The summed E-state index contributed by atoms with van der Waals surface area (Å²) >= 11 is 0. The quantitative estimate of drug-likeness (QED) is 0.385. The van der Waals surface area contributed by atoms with E-state index in [1.807, 2.05) is 6.07 Å². The van der Waals surface area contributed by atoms with Gasteiger partial charge in [0.25, 0.3) is 0 Å². The number of amides is 1. The van der Waals surface area contributed by atoms with Crippen molar-refractivity contribution < 1.29 is 28.3 Å². The first-order chi connectivity index (χ1) is 16.9. The highest BCUT2D eigenvalue weighted by Gasteiger charge is 2.30. The Balaban J connectivity index is 1.28. The Morgan fingerprint density at radius 3 is 2.51 bits per heavy atom. The smallest absolute Gasteiger partial charge is 0.417 e. The van der Waals surface area contributed by atoms with Gasteiger partial charge in [-0.2, -0.15) is 0 Å². The lowest BCUT2D eigenvalue weighted by molar-refractivity contribution is -0.154. The molecule has 184 valence electrons. The molecule has 35 heavy (non-hydrogen) atoms. The van der Waals surface area contributed by atoms with Gasteiger partial charge in [0.15, 0.2) is 11.4 Å². The molecule has 1 aromatic heterocycles. The van der Waals surface area contributed by atoms with E-state index in [1.165, 1.54) is 0 Å². The molecule has 1 aliphatic rings. The summed E-state index contributed by atoms with van der Waals surface area (Å²) in [6.07, 6.45) is -1.41. The van der Waals surface area contributed by atoms with Crippen molar-refractivity contribution in [2.24, 2.45) is 0 Å². The van der Waals surface area contributed by atoms with Gasteiger partial charge in [-0.3, -0.25) is 14.7 Å². The lowest BCUT2D eigenvalue weighted by atomic mass is 10.1. The van der Waals surface area contributed by atoms with Crippen LogP contribution in [-0.2, 0) is 14.3 Å². The molecule has 0 bridgehead atoms. The Hall–Kier alpha value is -3.92. The normalized spacial score (nSPS) is 15.1. The maximum absolute atomic E-state index is 12.7. The van der Waals surface area contributed by atoms with Crippen molar-refractivity contribution in [1.29, 1.82) is 0 Å². The number of esters is 1. The first-order valence-electron chi connectivity index (χ1n) is 11.5. The first-order valence-corrected chi connectivity index (χ1v) is 11.5. The van der Waals surface area contributed by atoms with Gasteiger partial charge in [-0.1, -0.05) is 30.3 Å². The summed E-state index contributed by atoms with van der Waals surface area (Å²) in [5.41, 5.74) is 1.93. The summed E-state index contributed by atoms with van der Waals surface area (Å²) in [6.45, 7) is 4.39. The summed E-state index contributed by atoms with van der Waals surface area (Å²) in [5.74, 6) is -1.22. The molecular formula is C25H27N3O7. The van der Waals surface area contributed by atoms with Crippen LogP contribution in [0.2, 0.25) is 0 Å². The molecule has 10 heteroatoms. The number of piperazine rings is 1. The van der Waals surface area contributed by atoms with Gasteiger partial charge in [0, 0.05) is 50.3 Å². The Morgan fingerprint density at radius 1 is 1.06 bits per heavy atom. The average molecular weight is 482 g/mol. The Morgan fingerprint density at radius 2 is 1.80 bits per heavy atom. The van der Waals surface area contributed by atoms with E-state index in [2.05, 4.69) is 9.88 Å². The molecule has 0 aliphatic carbocycles. The van der Waals surface area contributed by atoms with Crippen LogP contribution in [0, 0.1) is 0 Å². The molecule has 4 rings (SSSR count). The van der Waals surface area contributed by atoms with Crippen molar-refractivity contribution >= 4 is 28.9 Å². The Bertz CT molecular complexity index is 1240. The lowest BCUT2D eigenvalue weighted by Gasteiger charge is -2.34. The highest BCUT2D eigenvalue weighted by molar-refractivity contribution is 5.98. The molecule has 1 fully saturated rings. The largest absolute Gasteiger partial charge is 0.463 e. The zero-order valence-corrected chi connectivity index (χ0v) is 19.4. The molecule has 1 aliphatic heterocycles. The summed E-state index contributed by atoms with van der Waals surface area (Å²) in [7, 11) is 0. The monoisotopic (exact) mass is 481 g/mol. The number of hydrogen-bond donors (Lipinski definition) is 1. The summed E-state index contributed by atoms with van der Waals surface area (Å²) in [5, 5.41) is 0. The van der Waals surface area contributed by atoms with Gasteiger partial charge in [-0.05, 0) is 25.1 Å². The molecule has 0 spiro atoms. The number of aromatic amines is 1. The predicted octanol–water partition coefficient (Wildman–Crippen LogP) is 2.75. The number of carbonyl (C=O) groups is 3. The van der Waals surface area contributed by atoms with Crippen LogP contribution in [0.5, 0.6) is 0 Å². The van der Waals surface area contributed by atoms with E-state index in [1.54, 1.807) is 54.3 Å². The zero-order valence-electron chi connectivity index (χ0n) is 19.4. The van der Waals surface area contributed by atoms with E-state index in [-0.39, 0.29) is 12.4 Å². The number of oxazole rings is 1. The van der Waals surface area contributed by atoms with Crippen LogP contribution in [0.25, 0.3) is 11.1 Å². The molecule has 3 aromatic rings. The molecule has 1 atom stereocenters. The van der Waals surface area contributed by atoms with Crippen molar-refractivity contribution in [3.63, 3.8) is 0 Å². The molecule has 2 aromatic carbocycles. The number of H-pyrrole nitrogens is 1. The third-order valence-electron chi connectivity index (χ3n) is 5.85. The second-order valence-corrected chi connectivity index (χ2v) is 8.15. The zero-order chi connectivity index (χ0) is 24.8. The van der Waals surface area contributed by atoms with Gasteiger partial charge < -0.3 is 18.8 Å². The molecule has 1 N–H and O–H groups in total. The Kier molecular flexibility index (Phi) is 7.61. The van der Waals surface area contributed by atoms with E-state index >= 15 is 0 Å². The fourth-order valence-corrected chi connectivity index (χ4v) is 3.95. The minimum absolute atomic E-state index is 0.0577. The van der Waals surface area contributed by atoms with E-state index in [0.717, 1.165) is 0 Å². The van der Waals surface area contributed by atoms with E-state index in [4.69, 9.17) is 13.9 Å². The van der Waals surface area contributed by atoms with E-state index in [9.17, 15) is 19.2 Å². The van der Waals surface area contributed by atoms with Crippen LogP contribution >= 0.6 is 0 Å². The topological polar surface area (TPSA) is 122 Å². The predicted molar refractivity (Wildman–Crippen MR) is 126 cm³/mol. The Labute approximate surface area is 201 Å². The standard InChI is InChI=1S/C25H27N3O7/c1-2-33-23(30)22(17-6-4-3-5-7-17)35-25(32)28-14-12-27(13-15-28)11-10-20(29)18-8-9-19-21(16-18)34-24(31)26-19/h3-9,16,22H,2,10-15H2,1H3,(H,26,31). The average Bonchev–Trinajstić information content (AvgIpc) is 3.25. The van der Waals surface area contributed by atoms with Gasteiger partial charge in [0.2, 0.25) is 6.10 Å². The highest BCUT2D eigenvalue weighted by Crippen LogP contribution is 2.21. The third kappa shape index (κ3) is 5.96. The fraction of sp³-hybridized carbons (Fsp3) is 0.360. The molecule has 1 unspecified atom stereocenters. The molecular weight excluding hydrogens is 454 g/mol.